The Balaban J connectivity index is 1.38. The molecule has 14 heavy (non-hydrogen) atoms. The highest BCUT2D eigenvalue weighted by atomic mass is 79.9. The Morgan fingerprint density at radius 1 is 1.36 bits per heavy atom. The summed E-state index contributed by atoms with van der Waals surface area (Å²) in [7, 11) is 0. The second-order valence-electron chi connectivity index (χ2n) is 4.94. The number of rotatable bonds is 3. The minimum Gasteiger partial charge on any atom is -0.353 e. The zero-order valence-corrected chi connectivity index (χ0v) is 9.96. The molecule has 4 atom stereocenters. The Hall–Kier alpha value is 0.400. The van der Waals surface area contributed by atoms with Crippen molar-refractivity contribution in [3.63, 3.8) is 0 Å². The molecule has 2 nitrogen and oxygen atoms in total. The first kappa shape index (κ1) is 9.61. The average molecular weight is 261 g/mol. The molecule has 0 bridgehead atoms. The lowest BCUT2D eigenvalue weighted by Gasteiger charge is -2.22. The fourth-order valence-corrected chi connectivity index (χ4v) is 3.76. The van der Waals surface area contributed by atoms with Crippen LogP contribution in [0.25, 0.3) is 0 Å². The molecule has 3 fully saturated rings. The summed E-state index contributed by atoms with van der Waals surface area (Å²) in [6.07, 6.45) is 6.41. The SMILES string of the molecule is Br[C@@H]1C[C@]12C[C@H]2COC1CCCCO1. The van der Waals surface area contributed by atoms with Gasteiger partial charge in [0.1, 0.15) is 0 Å². The average Bonchev–Trinajstić information content (AvgIpc) is 3.07. The molecule has 2 saturated carbocycles. The lowest BCUT2D eigenvalue weighted by molar-refractivity contribution is -0.165. The molecule has 1 saturated heterocycles. The van der Waals surface area contributed by atoms with Gasteiger partial charge in [0.2, 0.25) is 0 Å². The van der Waals surface area contributed by atoms with Crippen molar-refractivity contribution in [3.8, 4) is 0 Å². The van der Waals surface area contributed by atoms with Crippen LogP contribution in [-0.4, -0.2) is 24.3 Å². The van der Waals surface area contributed by atoms with Crippen molar-refractivity contribution in [2.45, 2.75) is 43.2 Å². The maximum Gasteiger partial charge on any atom is 0.157 e. The van der Waals surface area contributed by atoms with Gasteiger partial charge in [-0.15, -0.1) is 0 Å². The summed E-state index contributed by atoms with van der Waals surface area (Å²) < 4.78 is 11.3. The van der Waals surface area contributed by atoms with E-state index in [9.17, 15) is 0 Å². The Morgan fingerprint density at radius 2 is 2.21 bits per heavy atom. The summed E-state index contributed by atoms with van der Waals surface area (Å²) in [6.45, 7) is 1.81. The van der Waals surface area contributed by atoms with Gasteiger partial charge in [-0.05, 0) is 43.4 Å². The van der Waals surface area contributed by atoms with Gasteiger partial charge in [-0.3, -0.25) is 0 Å². The van der Waals surface area contributed by atoms with E-state index >= 15 is 0 Å². The van der Waals surface area contributed by atoms with Crippen molar-refractivity contribution in [1.29, 1.82) is 0 Å². The number of hydrogen-bond donors (Lipinski definition) is 0. The van der Waals surface area contributed by atoms with E-state index in [4.69, 9.17) is 9.47 Å². The third-order valence-corrected chi connectivity index (χ3v) is 5.16. The van der Waals surface area contributed by atoms with E-state index in [1.807, 2.05) is 0 Å². The molecule has 2 aliphatic carbocycles. The van der Waals surface area contributed by atoms with Crippen LogP contribution < -0.4 is 0 Å². The van der Waals surface area contributed by atoms with Crippen molar-refractivity contribution in [3.05, 3.63) is 0 Å². The van der Waals surface area contributed by atoms with Gasteiger partial charge in [0.25, 0.3) is 0 Å². The van der Waals surface area contributed by atoms with Crippen molar-refractivity contribution in [2.24, 2.45) is 11.3 Å². The Kier molecular flexibility index (Phi) is 2.38. The quantitative estimate of drug-likeness (QED) is 0.727. The van der Waals surface area contributed by atoms with E-state index in [1.54, 1.807) is 0 Å². The Labute approximate surface area is 93.5 Å². The molecule has 1 aliphatic heterocycles. The highest BCUT2D eigenvalue weighted by Gasteiger charge is 2.69. The lowest BCUT2D eigenvalue weighted by Crippen LogP contribution is -2.23. The first-order valence-electron chi connectivity index (χ1n) is 5.68. The van der Waals surface area contributed by atoms with Crippen LogP contribution in [0.15, 0.2) is 0 Å². The highest BCUT2D eigenvalue weighted by Crippen LogP contribution is 2.73. The molecule has 3 heteroatoms. The van der Waals surface area contributed by atoms with E-state index in [2.05, 4.69) is 15.9 Å². The molecule has 0 aromatic carbocycles. The molecule has 1 spiro atoms. The van der Waals surface area contributed by atoms with Gasteiger partial charge < -0.3 is 9.47 Å². The number of hydrogen-bond acceptors (Lipinski definition) is 2. The standard InChI is InChI=1S/C11H17BrO2/c12-9-6-11(9)5-8(11)7-14-10-3-1-2-4-13-10/h8-10H,1-7H2/t8-,9+,10?,11-/m0/s1. The monoisotopic (exact) mass is 260 g/mol. The van der Waals surface area contributed by atoms with Crippen molar-refractivity contribution < 1.29 is 9.47 Å². The van der Waals surface area contributed by atoms with Gasteiger partial charge >= 0.3 is 0 Å². The van der Waals surface area contributed by atoms with Crippen LogP contribution in [0.5, 0.6) is 0 Å². The number of alkyl halides is 1. The van der Waals surface area contributed by atoms with Crippen molar-refractivity contribution in [1.82, 2.24) is 0 Å². The molecular formula is C11H17BrO2. The first-order chi connectivity index (χ1) is 6.81. The number of ether oxygens (including phenoxy) is 2. The van der Waals surface area contributed by atoms with Crippen molar-refractivity contribution >= 4 is 15.9 Å². The van der Waals surface area contributed by atoms with Crippen LogP contribution in [0.2, 0.25) is 0 Å². The third-order valence-electron chi connectivity index (χ3n) is 3.92. The molecule has 80 valence electrons. The van der Waals surface area contributed by atoms with Crippen LogP contribution in [0.1, 0.15) is 32.1 Å². The van der Waals surface area contributed by atoms with Gasteiger partial charge in [-0.25, -0.2) is 0 Å². The molecule has 0 amide bonds. The predicted molar refractivity (Wildman–Crippen MR) is 57.4 cm³/mol. The molecule has 0 radical (unpaired) electrons. The molecule has 3 aliphatic rings. The normalized spacial score (nSPS) is 50.8. The molecule has 3 rings (SSSR count). The minimum atomic E-state index is 0.105. The fraction of sp³-hybridized carbons (Fsp3) is 1.00. The molecule has 1 heterocycles. The minimum absolute atomic E-state index is 0.105. The van der Waals surface area contributed by atoms with E-state index < -0.39 is 0 Å². The second kappa shape index (κ2) is 3.46. The maximum absolute atomic E-state index is 5.79. The number of halogens is 1. The van der Waals surface area contributed by atoms with Crippen molar-refractivity contribution in [2.75, 3.05) is 13.2 Å². The smallest absolute Gasteiger partial charge is 0.157 e. The van der Waals surface area contributed by atoms with E-state index in [-0.39, 0.29) is 6.29 Å². The van der Waals surface area contributed by atoms with Crippen LogP contribution in [0, 0.1) is 11.3 Å². The summed E-state index contributed by atoms with van der Waals surface area (Å²) in [5.41, 5.74) is 0.661. The van der Waals surface area contributed by atoms with Crippen LogP contribution >= 0.6 is 15.9 Å². The van der Waals surface area contributed by atoms with E-state index in [0.29, 0.717) is 5.41 Å². The summed E-state index contributed by atoms with van der Waals surface area (Å²) in [5, 5.41) is 0. The highest BCUT2D eigenvalue weighted by molar-refractivity contribution is 9.09. The lowest BCUT2D eigenvalue weighted by atomic mass is 10.2. The van der Waals surface area contributed by atoms with Gasteiger partial charge in [0.15, 0.2) is 6.29 Å². The summed E-state index contributed by atoms with van der Waals surface area (Å²) in [4.78, 5) is 0.788. The Bertz CT molecular complexity index is 223. The zero-order chi connectivity index (χ0) is 9.60. The topological polar surface area (TPSA) is 18.5 Å². The third kappa shape index (κ3) is 1.63. The van der Waals surface area contributed by atoms with E-state index in [1.165, 1.54) is 25.7 Å². The largest absolute Gasteiger partial charge is 0.353 e. The first-order valence-corrected chi connectivity index (χ1v) is 6.60. The molecule has 0 aromatic rings. The van der Waals surface area contributed by atoms with Gasteiger partial charge in [-0.1, -0.05) is 15.9 Å². The summed E-state index contributed by atoms with van der Waals surface area (Å²) >= 11 is 3.69. The maximum atomic E-state index is 5.79. The van der Waals surface area contributed by atoms with Crippen LogP contribution in [0.3, 0.4) is 0 Å². The second-order valence-corrected chi connectivity index (χ2v) is 6.04. The van der Waals surface area contributed by atoms with Gasteiger partial charge in [0, 0.05) is 11.4 Å². The molecule has 0 N–H and O–H groups in total. The van der Waals surface area contributed by atoms with Gasteiger partial charge in [-0.2, -0.15) is 0 Å². The molecular weight excluding hydrogens is 244 g/mol. The van der Waals surface area contributed by atoms with E-state index in [0.717, 1.165) is 30.4 Å². The fourth-order valence-electron chi connectivity index (χ4n) is 2.60. The predicted octanol–water partition coefficient (Wildman–Crippen LogP) is 2.70. The molecule has 1 unspecified atom stereocenters. The summed E-state index contributed by atoms with van der Waals surface area (Å²) in [5.74, 6) is 0.817. The summed E-state index contributed by atoms with van der Waals surface area (Å²) in [6, 6.07) is 0. The van der Waals surface area contributed by atoms with Crippen LogP contribution in [0.4, 0.5) is 0 Å². The van der Waals surface area contributed by atoms with Gasteiger partial charge in [0.05, 0.1) is 6.61 Å². The zero-order valence-electron chi connectivity index (χ0n) is 8.38. The molecule has 0 aromatic heterocycles. The Morgan fingerprint density at radius 3 is 2.79 bits per heavy atom. The van der Waals surface area contributed by atoms with Crippen LogP contribution in [-0.2, 0) is 9.47 Å².